The van der Waals surface area contributed by atoms with Crippen LogP contribution in [0.2, 0.25) is 0 Å². The Bertz CT molecular complexity index is 572. The van der Waals surface area contributed by atoms with Gasteiger partial charge in [-0.2, -0.15) is 0 Å². The second-order valence-corrected chi connectivity index (χ2v) is 7.54. The fraction of sp³-hybridized carbons (Fsp3) is 0.650. The van der Waals surface area contributed by atoms with Crippen LogP contribution in [0, 0.1) is 5.92 Å². The van der Waals surface area contributed by atoms with Gasteiger partial charge in [-0.05, 0) is 37.4 Å². The summed E-state index contributed by atoms with van der Waals surface area (Å²) in [7, 11) is 0. The standard InChI is InChI=1S/C20H31N3O2/c21-20(25)18-15-23(17-10-4-5-11-19(17)24)14-13-22(18)12-6-9-16-7-2-1-3-8-16/h4-5,10-11,16,18,24H,1-3,6-9,12-15H2,(H2,21,25). The molecule has 2 fully saturated rings. The molecule has 1 unspecified atom stereocenters. The number of benzene rings is 1. The van der Waals surface area contributed by atoms with Crippen LogP contribution in [0.1, 0.15) is 44.9 Å². The minimum absolute atomic E-state index is 0.261. The van der Waals surface area contributed by atoms with Crippen molar-refractivity contribution < 1.29 is 9.90 Å². The molecule has 0 aromatic heterocycles. The number of hydrogen-bond donors (Lipinski definition) is 2. The molecule has 1 aromatic rings. The third-order valence-electron chi connectivity index (χ3n) is 5.82. The Kier molecular flexibility index (Phi) is 6.19. The molecule has 3 rings (SSSR count). The maximum Gasteiger partial charge on any atom is 0.236 e. The number of aromatic hydroxyl groups is 1. The van der Waals surface area contributed by atoms with Crippen molar-refractivity contribution in [1.82, 2.24) is 4.90 Å². The van der Waals surface area contributed by atoms with Gasteiger partial charge in [0.05, 0.1) is 5.69 Å². The summed E-state index contributed by atoms with van der Waals surface area (Å²) in [5.41, 5.74) is 6.47. The first-order valence-corrected chi connectivity index (χ1v) is 9.71. The van der Waals surface area contributed by atoms with E-state index in [1.54, 1.807) is 6.07 Å². The molecule has 1 saturated carbocycles. The number of anilines is 1. The van der Waals surface area contributed by atoms with Crippen LogP contribution >= 0.6 is 0 Å². The molecule has 25 heavy (non-hydrogen) atoms. The van der Waals surface area contributed by atoms with E-state index in [2.05, 4.69) is 9.80 Å². The van der Waals surface area contributed by atoms with Crippen LogP contribution in [-0.2, 0) is 4.79 Å². The number of rotatable bonds is 6. The Morgan fingerprint density at radius 3 is 2.64 bits per heavy atom. The van der Waals surface area contributed by atoms with Crippen LogP contribution in [0.5, 0.6) is 5.75 Å². The van der Waals surface area contributed by atoms with Gasteiger partial charge in [-0.1, -0.05) is 44.2 Å². The fourth-order valence-electron chi connectivity index (χ4n) is 4.37. The molecule has 1 aliphatic carbocycles. The van der Waals surface area contributed by atoms with Crippen LogP contribution in [0.4, 0.5) is 5.69 Å². The van der Waals surface area contributed by atoms with Gasteiger partial charge >= 0.3 is 0 Å². The SMILES string of the molecule is NC(=O)C1CN(c2ccccc2O)CCN1CCCC1CCCCC1. The molecular weight excluding hydrogens is 314 g/mol. The summed E-state index contributed by atoms with van der Waals surface area (Å²) in [5.74, 6) is 0.873. The molecule has 0 bridgehead atoms. The minimum Gasteiger partial charge on any atom is -0.506 e. The number of nitrogens with zero attached hydrogens (tertiary/aromatic N) is 2. The molecule has 0 radical (unpaired) electrons. The van der Waals surface area contributed by atoms with Crippen molar-refractivity contribution >= 4 is 11.6 Å². The molecule has 1 heterocycles. The van der Waals surface area contributed by atoms with E-state index in [4.69, 9.17) is 5.73 Å². The number of hydrogen-bond acceptors (Lipinski definition) is 4. The zero-order valence-electron chi connectivity index (χ0n) is 15.1. The smallest absolute Gasteiger partial charge is 0.236 e. The van der Waals surface area contributed by atoms with Crippen LogP contribution in [-0.4, -0.2) is 48.1 Å². The number of phenols is 1. The number of piperazine rings is 1. The second kappa shape index (κ2) is 8.56. The van der Waals surface area contributed by atoms with Crippen molar-refractivity contribution in [2.24, 2.45) is 11.7 Å². The lowest BCUT2D eigenvalue weighted by Gasteiger charge is -2.41. The first-order chi connectivity index (χ1) is 12.1. The van der Waals surface area contributed by atoms with E-state index >= 15 is 0 Å². The van der Waals surface area contributed by atoms with Crippen molar-refractivity contribution in [3.05, 3.63) is 24.3 Å². The van der Waals surface area contributed by atoms with Gasteiger partial charge in [0.15, 0.2) is 0 Å². The average Bonchev–Trinajstić information content (AvgIpc) is 2.63. The van der Waals surface area contributed by atoms with E-state index in [9.17, 15) is 9.90 Å². The van der Waals surface area contributed by atoms with Crippen LogP contribution in [0.15, 0.2) is 24.3 Å². The summed E-state index contributed by atoms with van der Waals surface area (Å²) < 4.78 is 0. The molecule has 1 aliphatic heterocycles. The summed E-state index contributed by atoms with van der Waals surface area (Å²) in [5, 5.41) is 10.1. The van der Waals surface area contributed by atoms with E-state index in [-0.39, 0.29) is 17.7 Å². The van der Waals surface area contributed by atoms with Crippen molar-refractivity contribution in [1.29, 1.82) is 0 Å². The zero-order chi connectivity index (χ0) is 17.6. The van der Waals surface area contributed by atoms with Gasteiger partial charge in [-0.3, -0.25) is 9.69 Å². The van der Waals surface area contributed by atoms with Gasteiger partial charge in [0.1, 0.15) is 11.8 Å². The zero-order valence-corrected chi connectivity index (χ0v) is 15.1. The highest BCUT2D eigenvalue weighted by Crippen LogP contribution is 2.30. The van der Waals surface area contributed by atoms with Crippen molar-refractivity contribution in [3.8, 4) is 5.75 Å². The molecule has 1 amide bonds. The number of carbonyl (C=O) groups is 1. The molecule has 1 saturated heterocycles. The molecule has 5 heteroatoms. The van der Waals surface area contributed by atoms with E-state index in [0.29, 0.717) is 6.54 Å². The van der Waals surface area contributed by atoms with Gasteiger partial charge in [0, 0.05) is 19.6 Å². The summed E-state index contributed by atoms with van der Waals surface area (Å²) in [6.45, 7) is 3.12. The van der Waals surface area contributed by atoms with Gasteiger partial charge in [0.25, 0.3) is 0 Å². The topological polar surface area (TPSA) is 69.8 Å². The Labute approximate surface area is 150 Å². The first kappa shape index (κ1) is 18.1. The Hall–Kier alpha value is -1.75. The average molecular weight is 345 g/mol. The summed E-state index contributed by atoms with van der Waals surface area (Å²) in [6, 6.07) is 7.02. The lowest BCUT2D eigenvalue weighted by molar-refractivity contribution is -0.123. The fourth-order valence-corrected chi connectivity index (χ4v) is 4.37. The van der Waals surface area contributed by atoms with E-state index in [0.717, 1.165) is 37.7 Å². The molecular formula is C20H31N3O2. The predicted octanol–water partition coefficient (Wildman–Crippen LogP) is 2.73. The monoisotopic (exact) mass is 345 g/mol. The number of para-hydroxylation sites is 2. The number of phenolic OH excluding ortho intramolecular Hbond substituents is 1. The third-order valence-corrected chi connectivity index (χ3v) is 5.82. The van der Waals surface area contributed by atoms with Crippen molar-refractivity contribution in [2.75, 3.05) is 31.1 Å². The lowest BCUT2D eigenvalue weighted by Crippen LogP contribution is -2.58. The van der Waals surface area contributed by atoms with Gasteiger partial charge in [-0.25, -0.2) is 0 Å². The molecule has 0 spiro atoms. The molecule has 2 aliphatic rings. The Morgan fingerprint density at radius 2 is 1.92 bits per heavy atom. The maximum atomic E-state index is 12.0. The van der Waals surface area contributed by atoms with E-state index in [1.165, 1.54) is 38.5 Å². The largest absolute Gasteiger partial charge is 0.506 e. The highest BCUT2D eigenvalue weighted by Gasteiger charge is 2.31. The lowest BCUT2D eigenvalue weighted by atomic mass is 9.86. The number of carbonyl (C=O) groups excluding carboxylic acids is 1. The highest BCUT2D eigenvalue weighted by molar-refractivity contribution is 5.81. The van der Waals surface area contributed by atoms with Crippen molar-refractivity contribution in [2.45, 2.75) is 51.0 Å². The second-order valence-electron chi connectivity index (χ2n) is 7.54. The predicted molar refractivity (Wildman–Crippen MR) is 101 cm³/mol. The quantitative estimate of drug-likeness (QED) is 0.832. The van der Waals surface area contributed by atoms with E-state index in [1.807, 2.05) is 18.2 Å². The Balaban J connectivity index is 1.54. The molecule has 1 atom stereocenters. The summed E-state index contributed by atoms with van der Waals surface area (Å²) >= 11 is 0. The number of amides is 1. The third kappa shape index (κ3) is 4.66. The molecule has 3 N–H and O–H groups in total. The number of nitrogens with two attached hydrogens (primary N) is 1. The molecule has 5 nitrogen and oxygen atoms in total. The summed E-state index contributed by atoms with van der Waals surface area (Å²) in [6.07, 6.45) is 9.33. The Morgan fingerprint density at radius 1 is 1.16 bits per heavy atom. The van der Waals surface area contributed by atoms with Crippen molar-refractivity contribution in [3.63, 3.8) is 0 Å². The number of primary amides is 1. The van der Waals surface area contributed by atoms with Gasteiger partial charge < -0.3 is 15.7 Å². The van der Waals surface area contributed by atoms with Gasteiger partial charge in [-0.15, -0.1) is 0 Å². The van der Waals surface area contributed by atoms with Crippen LogP contribution in [0.3, 0.4) is 0 Å². The maximum absolute atomic E-state index is 12.0. The first-order valence-electron chi connectivity index (χ1n) is 9.71. The molecule has 1 aromatic carbocycles. The highest BCUT2D eigenvalue weighted by atomic mass is 16.3. The minimum atomic E-state index is -0.278. The van der Waals surface area contributed by atoms with E-state index < -0.39 is 0 Å². The van der Waals surface area contributed by atoms with Gasteiger partial charge in [0.2, 0.25) is 5.91 Å². The molecule has 138 valence electrons. The summed E-state index contributed by atoms with van der Waals surface area (Å²) in [4.78, 5) is 16.3. The van der Waals surface area contributed by atoms with Crippen LogP contribution in [0.25, 0.3) is 0 Å². The normalized spacial score (nSPS) is 22.9. The van der Waals surface area contributed by atoms with Crippen LogP contribution < -0.4 is 10.6 Å².